The third kappa shape index (κ3) is 3.42. The summed E-state index contributed by atoms with van der Waals surface area (Å²) in [6.45, 7) is 0. The summed E-state index contributed by atoms with van der Waals surface area (Å²) in [6.07, 6.45) is 5.61. The van der Waals surface area contributed by atoms with E-state index in [1.54, 1.807) is 13.2 Å². The Labute approximate surface area is 150 Å². The number of anilines is 1. The van der Waals surface area contributed by atoms with Gasteiger partial charge in [0.15, 0.2) is 4.32 Å². The van der Waals surface area contributed by atoms with Crippen molar-refractivity contribution in [3.05, 3.63) is 77.2 Å². The van der Waals surface area contributed by atoms with Crippen molar-refractivity contribution in [1.29, 1.82) is 0 Å². The molecule has 3 nitrogen and oxygen atoms in total. The number of ether oxygens (including phenoxy) is 1. The molecule has 1 saturated heterocycles. The van der Waals surface area contributed by atoms with E-state index in [9.17, 15) is 4.79 Å². The number of hydrogen-bond acceptors (Lipinski definition) is 4. The maximum absolute atomic E-state index is 12.7. The molecular formula is C19H15NO2S2. The lowest BCUT2D eigenvalue weighted by atomic mass is 10.2. The summed E-state index contributed by atoms with van der Waals surface area (Å²) in [5, 5.41) is 0. The SMILES string of the molecule is COc1ccccc1N1C(=O)C(=CC=Cc2ccccc2)SC1=S. The summed E-state index contributed by atoms with van der Waals surface area (Å²) in [4.78, 5) is 14.8. The number of methoxy groups -OCH3 is 1. The monoisotopic (exact) mass is 353 g/mol. The normalized spacial score (nSPS) is 16.4. The van der Waals surface area contributed by atoms with Gasteiger partial charge in [-0.1, -0.05) is 78.6 Å². The molecule has 0 aliphatic carbocycles. The summed E-state index contributed by atoms with van der Waals surface area (Å²) < 4.78 is 5.84. The van der Waals surface area contributed by atoms with Gasteiger partial charge in [0.25, 0.3) is 5.91 Å². The molecule has 1 heterocycles. The van der Waals surface area contributed by atoms with Crippen LogP contribution in [0.15, 0.2) is 71.7 Å². The Kier molecular flexibility index (Phi) is 5.13. The molecule has 0 radical (unpaired) electrons. The summed E-state index contributed by atoms with van der Waals surface area (Å²) in [5.41, 5.74) is 1.74. The van der Waals surface area contributed by atoms with Crippen molar-refractivity contribution in [2.75, 3.05) is 12.0 Å². The molecule has 1 aliphatic heterocycles. The highest BCUT2D eigenvalue weighted by molar-refractivity contribution is 8.27. The van der Waals surface area contributed by atoms with Crippen molar-refractivity contribution in [2.24, 2.45) is 0 Å². The number of rotatable bonds is 4. The van der Waals surface area contributed by atoms with Crippen molar-refractivity contribution in [1.82, 2.24) is 0 Å². The van der Waals surface area contributed by atoms with Gasteiger partial charge in [-0.3, -0.25) is 9.69 Å². The molecule has 2 aromatic carbocycles. The number of thioether (sulfide) groups is 1. The van der Waals surface area contributed by atoms with E-state index in [1.165, 1.54) is 16.7 Å². The number of nitrogens with zero attached hydrogens (tertiary/aromatic N) is 1. The molecule has 0 aromatic heterocycles. The van der Waals surface area contributed by atoms with E-state index >= 15 is 0 Å². The standard InChI is InChI=1S/C19H15NO2S2/c1-22-16-12-6-5-11-15(16)20-18(21)17(24-19(20)23)13-7-10-14-8-3-2-4-9-14/h2-13H,1H3. The lowest BCUT2D eigenvalue weighted by Gasteiger charge is -2.17. The Hall–Kier alpha value is -2.37. The average molecular weight is 353 g/mol. The third-order valence-electron chi connectivity index (χ3n) is 3.46. The van der Waals surface area contributed by atoms with Crippen molar-refractivity contribution < 1.29 is 9.53 Å². The molecule has 1 amide bonds. The summed E-state index contributed by atoms with van der Waals surface area (Å²) in [6, 6.07) is 17.3. The first kappa shape index (κ1) is 16.5. The van der Waals surface area contributed by atoms with Crippen LogP contribution in [0.4, 0.5) is 5.69 Å². The first-order chi connectivity index (χ1) is 11.7. The smallest absolute Gasteiger partial charge is 0.270 e. The van der Waals surface area contributed by atoms with Gasteiger partial charge in [-0.15, -0.1) is 0 Å². The van der Waals surface area contributed by atoms with Gasteiger partial charge in [0.05, 0.1) is 17.7 Å². The van der Waals surface area contributed by atoms with E-state index in [4.69, 9.17) is 17.0 Å². The van der Waals surface area contributed by atoms with Crippen molar-refractivity contribution in [2.45, 2.75) is 0 Å². The van der Waals surface area contributed by atoms with Crippen molar-refractivity contribution in [3.8, 4) is 5.75 Å². The molecule has 24 heavy (non-hydrogen) atoms. The summed E-state index contributed by atoms with van der Waals surface area (Å²) in [5.74, 6) is 0.488. The Morgan fingerprint density at radius 1 is 1.08 bits per heavy atom. The number of amides is 1. The number of carbonyl (C=O) groups excluding carboxylic acids is 1. The second-order valence-corrected chi connectivity index (χ2v) is 6.66. The van der Waals surface area contributed by atoms with E-state index < -0.39 is 0 Å². The minimum atomic E-state index is -0.132. The average Bonchev–Trinajstić information content (AvgIpc) is 2.89. The van der Waals surface area contributed by atoms with Crippen LogP contribution in [-0.2, 0) is 4.79 Å². The van der Waals surface area contributed by atoms with E-state index in [-0.39, 0.29) is 5.91 Å². The minimum absolute atomic E-state index is 0.132. The molecule has 3 rings (SSSR count). The number of hydrogen-bond donors (Lipinski definition) is 0. The lowest BCUT2D eigenvalue weighted by Crippen LogP contribution is -2.27. The Balaban J connectivity index is 1.84. The van der Waals surface area contributed by atoms with E-state index in [0.717, 1.165) is 5.56 Å². The fourth-order valence-electron chi connectivity index (χ4n) is 2.31. The van der Waals surface area contributed by atoms with Crippen LogP contribution in [-0.4, -0.2) is 17.3 Å². The van der Waals surface area contributed by atoms with Crippen LogP contribution in [0.3, 0.4) is 0 Å². The van der Waals surface area contributed by atoms with Gasteiger partial charge in [0.2, 0.25) is 0 Å². The maximum Gasteiger partial charge on any atom is 0.270 e. The molecule has 5 heteroatoms. The van der Waals surface area contributed by atoms with Gasteiger partial charge in [-0.25, -0.2) is 0 Å². The highest BCUT2D eigenvalue weighted by Gasteiger charge is 2.34. The number of benzene rings is 2. The molecule has 1 aliphatic rings. The zero-order valence-electron chi connectivity index (χ0n) is 13.0. The second kappa shape index (κ2) is 7.47. The first-order valence-electron chi connectivity index (χ1n) is 7.33. The summed E-state index contributed by atoms with van der Waals surface area (Å²) in [7, 11) is 1.58. The number of para-hydroxylation sites is 2. The first-order valence-corrected chi connectivity index (χ1v) is 8.56. The highest BCUT2D eigenvalue weighted by Crippen LogP contribution is 2.38. The minimum Gasteiger partial charge on any atom is -0.495 e. The number of allylic oxidation sites excluding steroid dienone is 2. The molecule has 120 valence electrons. The van der Waals surface area contributed by atoms with Crippen LogP contribution in [0, 0.1) is 0 Å². The largest absolute Gasteiger partial charge is 0.495 e. The van der Waals surface area contributed by atoms with Crippen LogP contribution in [0.5, 0.6) is 5.75 Å². The molecule has 0 saturated carbocycles. The molecule has 2 aromatic rings. The Morgan fingerprint density at radius 3 is 2.54 bits per heavy atom. The zero-order chi connectivity index (χ0) is 16.9. The van der Waals surface area contributed by atoms with Gasteiger partial charge < -0.3 is 4.74 Å². The van der Waals surface area contributed by atoms with Crippen LogP contribution in [0.25, 0.3) is 6.08 Å². The van der Waals surface area contributed by atoms with Gasteiger partial charge >= 0.3 is 0 Å². The van der Waals surface area contributed by atoms with Crippen LogP contribution in [0.1, 0.15) is 5.56 Å². The molecular weight excluding hydrogens is 338 g/mol. The quantitative estimate of drug-likeness (QED) is 0.591. The fraction of sp³-hybridized carbons (Fsp3) is 0.0526. The predicted octanol–water partition coefficient (Wildman–Crippen LogP) is 4.66. The second-order valence-electron chi connectivity index (χ2n) is 4.98. The molecule has 0 atom stereocenters. The number of carbonyl (C=O) groups is 1. The van der Waals surface area contributed by atoms with E-state index in [0.29, 0.717) is 20.7 Å². The molecule has 1 fully saturated rings. The zero-order valence-corrected chi connectivity index (χ0v) is 14.6. The topological polar surface area (TPSA) is 29.5 Å². The molecule has 0 unspecified atom stereocenters. The van der Waals surface area contributed by atoms with Gasteiger partial charge in [-0.05, 0) is 23.8 Å². The fourth-order valence-corrected chi connectivity index (χ4v) is 3.55. The van der Waals surface area contributed by atoms with Gasteiger partial charge in [-0.2, -0.15) is 0 Å². The molecule has 0 spiro atoms. The number of thiocarbonyl (C=S) groups is 1. The maximum atomic E-state index is 12.7. The predicted molar refractivity (Wildman–Crippen MR) is 104 cm³/mol. The summed E-state index contributed by atoms with van der Waals surface area (Å²) >= 11 is 6.67. The van der Waals surface area contributed by atoms with Crippen molar-refractivity contribution in [3.63, 3.8) is 0 Å². The third-order valence-corrected chi connectivity index (χ3v) is 4.78. The molecule has 0 bridgehead atoms. The van der Waals surface area contributed by atoms with E-state index in [2.05, 4.69) is 0 Å². The highest BCUT2D eigenvalue weighted by atomic mass is 32.2. The van der Waals surface area contributed by atoms with Gasteiger partial charge in [0, 0.05) is 0 Å². The lowest BCUT2D eigenvalue weighted by molar-refractivity contribution is -0.113. The van der Waals surface area contributed by atoms with Crippen LogP contribution < -0.4 is 9.64 Å². The van der Waals surface area contributed by atoms with Crippen LogP contribution >= 0.6 is 24.0 Å². The molecule has 0 N–H and O–H groups in total. The van der Waals surface area contributed by atoms with Crippen LogP contribution in [0.2, 0.25) is 0 Å². The van der Waals surface area contributed by atoms with Gasteiger partial charge in [0.1, 0.15) is 5.75 Å². The Bertz CT molecular complexity index is 828. The van der Waals surface area contributed by atoms with Crippen molar-refractivity contribution >= 4 is 46.0 Å². The Morgan fingerprint density at radius 2 is 1.79 bits per heavy atom. The van der Waals surface area contributed by atoms with E-state index in [1.807, 2.05) is 66.7 Å².